The van der Waals surface area contributed by atoms with Crippen molar-refractivity contribution in [3.05, 3.63) is 29.8 Å². The van der Waals surface area contributed by atoms with E-state index in [0.29, 0.717) is 18.9 Å². The highest BCUT2D eigenvalue weighted by atomic mass is 19.4. The van der Waals surface area contributed by atoms with Gasteiger partial charge in [0.2, 0.25) is 0 Å². The number of anilines is 1. The second-order valence-electron chi connectivity index (χ2n) is 4.03. The van der Waals surface area contributed by atoms with Gasteiger partial charge in [-0.25, -0.2) is 0 Å². The Balaban J connectivity index is 2.11. The number of halogens is 3. The first kappa shape index (κ1) is 12.2. The number of benzene rings is 1. The molecule has 1 aliphatic heterocycles. The summed E-state index contributed by atoms with van der Waals surface area (Å²) in [5.74, 6) is 0. The van der Waals surface area contributed by atoms with E-state index in [0.717, 1.165) is 12.1 Å². The fourth-order valence-electron chi connectivity index (χ4n) is 1.72. The number of rotatable bonds is 2. The molecule has 2 rings (SSSR count). The summed E-state index contributed by atoms with van der Waals surface area (Å²) in [7, 11) is 0. The van der Waals surface area contributed by atoms with Crippen LogP contribution in [-0.2, 0) is 10.9 Å². The quantitative estimate of drug-likeness (QED) is 0.837. The average molecular weight is 246 g/mol. The Morgan fingerprint density at radius 3 is 2.65 bits per heavy atom. The first-order chi connectivity index (χ1) is 7.97. The summed E-state index contributed by atoms with van der Waals surface area (Å²) in [5.41, 5.74) is 5.48. The fourth-order valence-corrected chi connectivity index (χ4v) is 1.72. The first-order valence-electron chi connectivity index (χ1n) is 5.24. The predicted molar refractivity (Wildman–Crippen MR) is 57.6 cm³/mol. The van der Waals surface area contributed by atoms with Gasteiger partial charge in [-0.2, -0.15) is 13.2 Å². The van der Waals surface area contributed by atoms with E-state index in [1.54, 1.807) is 6.07 Å². The minimum Gasteiger partial charge on any atom is -0.378 e. The monoisotopic (exact) mass is 246 g/mol. The van der Waals surface area contributed by atoms with Crippen molar-refractivity contribution < 1.29 is 17.9 Å². The molecule has 0 aliphatic carbocycles. The molecule has 3 nitrogen and oxygen atoms in total. The van der Waals surface area contributed by atoms with Crippen LogP contribution in [0.1, 0.15) is 5.56 Å². The van der Waals surface area contributed by atoms with E-state index < -0.39 is 11.7 Å². The van der Waals surface area contributed by atoms with Gasteiger partial charge < -0.3 is 15.8 Å². The zero-order valence-electron chi connectivity index (χ0n) is 9.00. The number of alkyl halides is 3. The first-order valence-corrected chi connectivity index (χ1v) is 5.24. The van der Waals surface area contributed by atoms with Crippen LogP contribution in [0, 0.1) is 0 Å². The third kappa shape index (κ3) is 2.89. The van der Waals surface area contributed by atoms with Gasteiger partial charge in [-0.1, -0.05) is 6.07 Å². The normalized spacial score (nSPS) is 24.9. The Kier molecular flexibility index (Phi) is 3.26. The van der Waals surface area contributed by atoms with Gasteiger partial charge in [0, 0.05) is 5.69 Å². The second kappa shape index (κ2) is 4.54. The van der Waals surface area contributed by atoms with Crippen LogP contribution in [0.5, 0.6) is 0 Å². The maximum atomic E-state index is 12.5. The molecule has 2 atom stereocenters. The van der Waals surface area contributed by atoms with Crippen molar-refractivity contribution in [2.75, 3.05) is 18.5 Å². The lowest BCUT2D eigenvalue weighted by molar-refractivity contribution is -0.137. The second-order valence-corrected chi connectivity index (χ2v) is 4.03. The molecule has 0 saturated carbocycles. The topological polar surface area (TPSA) is 47.3 Å². The molecule has 1 saturated heterocycles. The Labute approximate surface area is 96.8 Å². The van der Waals surface area contributed by atoms with Crippen LogP contribution in [0.25, 0.3) is 0 Å². The summed E-state index contributed by atoms with van der Waals surface area (Å²) in [6.45, 7) is 0.841. The van der Waals surface area contributed by atoms with Crippen LogP contribution in [0.2, 0.25) is 0 Å². The lowest BCUT2D eigenvalue weighted by Crippen LogP contribution is -2.38. The van der Waals surface area contributed by atoms with Crippen molar-refractivity contribution in [2.24, 2.45) is 5.73 Å². The Morgan fingerprint density at radius 2 is 2.06 bits per heavy atom. The SMILES string of the molecule is NC1COCC1Nc1cccc(C(F)(F)F)c1. The van der Waals surface area contributed by atoms with Crippen LogP contribution >= 0.6 is 0 Å². The van der Waals surface area contributed by atoms with Crippen molar-refractivity contribution in [1.29, 1.82) is 0 Å². The molecule has 1 aromatic carbocycles. The van der Waals surface area contributed by atoms with Crippen molar-refractivity contribution in [3.8, 4) is 0 Å². The highest BCUT2D eigenvalue weighted by Crippen LogP contribution is 2.30. The molecular formula is C11H13F3N2O. The van der Waals surface area contributed by atoms with Gasteiger partial charge in [0.25, 0.3) is 0 Å². The third-order valence-electron chi connectivity index (χ3n) is 2.67. The molecule has 0 radical (unpaired) electrons. The van der Waals surface area contributed by atoms with Crippen molar-refractivity contribution in [3.63, 3.8) is 0 Å². The smallest absolute Gasteiger partial charge is 0.378 e. The molecule has 17 heavy (non-hydrogen) atoms. The van der Waals surface area contributed by atoms with Gasteiger partial charge in [0.15, 0.2) is 0 Å². The average Bonchev–Trinajstić information content (AvgIpc) is 2.64. The third-order valence-corrected chi connectivity index (χ3v) is 2.67. The minimum absolute atomic E-state index is 0.140. The summed E-state index contributed by atoms with van der Waals surface area (Å²) in [5, 5.41) is 2.95. The minimum atomic E-state index is -4.33. The highest BCUT2D eigenvalue weighted by Gasteiger charge is 2.31. The number of nitrogens with two attached hydrogens (primary N) is 1. The van der Waals surface area contributed by atoms with Gasteiger partial charge in [-0.3, -0.25) is 0 Å². The summed E-state index contributed by atoms with van der Waals surface area (Å²) in [6.07, 6.45) is -4.33. The lowest BCUT2D eigenvalue weighted by atomic mass is 10.1. The molecule has 3 N–H and O–H groups in total. The van der Waals surface area contributed by atoms with E-state index in [1.165, 1.54) is 6.07 Å². The largest absolute Gasteiger partial charge is 0.416 e. The molecule has 0 bridgehead atoms. The summed E-state index contributed by atoms with van der Waals surface area (Å²) >= 11 is 0. The van der Waals surface area contributed by atoms with Crippen LogP contribution < -0.4 is 11.1 Å². The molecule has 0 spiro atoms. The number of ether oxygens (including phenoxy) is 1. The molecule has 1 heterocycles. The molecule has 1 aliphatic rings. The molecular weight excluding hydrogens is 233 g/mol. The van der Waals surface area contributed by atoms with Gasteiger partial charge in [-0.05, 0) is 18.2 Å². The fraction of sp³-hybridized carbons (Fsp3) is 0.455. The van der Waals surface area contributed by atoms with E-state index >= 15 is 0 Å². The Morgan fingerprint density at radius 1 is 1.29 bits per heavy atom. The van der Waals surface area contributed by atoms with Crippen LogP contribution in [0.15, 0.2) is 24.3 Å². The number of hydrogen-bond acceptors (Lipinski definition) is 3. The summed E-state index contributed by atoms with van der Waals surface area (Å²) < 4.78 is 42.6. The van der Waals surface area contributed by atoms with Gasteiger partial charge >= 0.3 is 6.18 Å². The standard InChI is InChI=1S/C11H13F3N2O/c12-11(13,14)7-2-1-3-8(4-7)16-10-6-17-5-9(10)15/h1-4,9-10,16H,5-6,15H2. The molecule has 1 aromatic rings. The zero-order valence-corrected chi connectivity index (χ0v) is 9.00. The van der Waals surface area contributed by atoms with Crippen LogP contribution in [-0.4, -0.2) is 25.3 Å². The summed E-state index contributed by atoms with van der Waals surface area (Å²) in [4.78, 5) is 0. The van der Waals surface area contributed by atoms with E-state index in [-0.39, 0.29) is 12.1 Å². The van der Waals surface area contributed by atoms with E-state index in [2.05, 4.69) is 5.32 Å². The molecule has 6 heteroatoms. The molecule has 0 amide bonds. The molecule has 94 valence electrons. The Bertz CT molecular complexity index is 395. The predicted octanol–water partition coefficient (Wildman–Crippen LogP) is 1.84. The highest BCUT2D eigenvalue weighted by molar-refractivity contribution is 5.47. The van der Waals surface area contributed by atoms with Gasteiger partial charge in [0.1, 0.15) is 0 Å². The molecule has 1 fully saturated rings. The van der Waals surface area contributed by atoms with Gasteiger partial charge in [-0.15, -0.1) is 0 Å². The number of nitrogens with one attached hydrogen (secondary N) is 1. The molecule has 2 unspecified atom stereocenters. The van der Waals surface area contributed by atoms with Crippen molar-refractivity contribution in [1.82, 2.24) is 0 Å². The number of hydrogen-bond donors (Lipinski definition) is 2. The lowest BCUT2D eigenvalue weighted by Gasteiger charge is -2.17. The van der Waals surface area contributed by atoms with Crippen molar-refractivity contribution in [2.45, 2.75) is 18.3 Å². The zero-order chi connectivity index (χ0) is 12.5. The maximum absolute atomic E-state index is 12.5. The van der Waals surface area contributed by atoms with Crippen LogP contribution in [0.3, 0.4) is 0 Å². The summed E-state index contributed by atoms with van der Waals surface area (Å²) in [6, 6.07) is 4.73. The van der Waals surface area contributed by atoms with E-state index in [9.17, 15) is 13.2 Å². The van der Waals surface area contributed by atoms with Crippen molar-refractivity contribution >= 4 is 5.69 Å². The molecule has 0 aromatic heterocycles. The van der Waals surface area contributed by atoms with E-state index in [4.69, 9.17) is 10.5 Å². The Hall–Kier alpha value is -1.27. The van der Waals surface area contributed by atoms with Gasteiger partial charge in [0.05, 0.1) is 30.9 Å². The maximum Gasteiger partial charge on any atom is 0.416 e. The van der Waals surface area contributed by atoms with Crippen LogP contribution in [0.4, 0.5) is 18.9 Å². The van der Waals surface area contributed by atoms with E-state index in [1.807, 2.05) is 0 Å².